The van der Waals surface area contributed by atoms with Crippen molar-refractivity contribution in [3.05, 3.63) is 48.0 Å². The molecule has 2 fully saturated rings. The van der Waals surface area contributed by atoms with Crippen LogP contribution in [0.15, 0.2) is 42.5 Å². The summed E-state index contributed by atoms with van der Waals surface area (Å²) in [6, 6.07) is 13.8. The number of anilines is 1. The Labute approximate surface area is 186 Å². The predicted molar refractivity (Wildman–Crippen MR) is 125 cm³/mol. The van der Waals surface area contributed by atoms with Crippen molar-refractivity contribution < 1.29 is 9.59 Å². The summed E-state index contributed by atoms with van der Waals surface area (Å²) < 4.78 is 1.16. The van der Waals surface area contributed by atoms with Gasteiger partial charge in [-0.25, -0.2) is 9.88 Å². The van der Waals surface area contributed by atoms with Crippen LogP contribution < -0.4 is 10.2 Å². The normalized spacial score (nSPS) is 24.3. The Kier molecular flexibility index (Phi) is 5.36. The molecule has 5 nitrogen and oxygen atoms in total. The number of hydrogen-bond acceptors (Lipinski definition) is 5. The van der Waals surface area contributed by atoms with Gasteiger partial charge >= 0.3 is 0 Å². The number of benzene rings is 2. The number of amides is 2. The molecule has 31 heavy (non-hydrogen) atoms. The maximum Gasteiger partial charge on any atom is 0.251 e. The topological polar surface area (TPSA) is 62.3 Å². The van der Waals surface area contributed by atoms with Crippen LogP contribution in [0.25, 0.3) is 20.8 Å². The molecule has 1 unspecified atom stereocenters. The van der Waals surface area contributed by atoms with Crippen molar-refractivity contribution in [2.24, 2.45) is 5.92 Å². The number of aryl methyl sites for hydroxylation is 1. The first-order chi connectivity index (χ1) is 15.0. The van der Waals surface area contributed by atoms with Crippen molar-refractivity contribution in [2.45, 2.75) is 58.0 Å². The quantitative estimate of drug-likeness (QED) is 0.584. The Morgan fingerprint density at radius 2 is 1.77 bits per heavy atom. The summed E-state index contributed by atoms with van der Waals surface area (Å²) in [6.07, 6.45) is 4.76. The highest BCUT2D eigenvalue weighted by atomic mass is 32.1. The number of fused-ring (bicyclic) bond motifs is 1. The number of aromatic nitrogens is 1. The molecule has 0 radical (unpaired) electrons. The Bertz CT molecular complexity index is 1130. The molecule has 1 aromatic heterocycles. The maximum absolute atomic E-state index is 13.0. The van der Waals surface area contributed by atoms with Crippen LogP contribution in [0.3, 0.4) is 0 Å². The third-order valence-corrected chi connectivity index (χ3v) is 7.58. The Hall–Kier alpha value is -2.57. The molecule has 1 aliphatic heterocycles. The van der Waals surface area contributed by atoms with Crippen LogP contribution in [0, 0.1) is 12.8 Å². The van der Waals surface area contributed by atoms with Crippen molar-refractivity contribution in [2.75, 3.05) is 4.90 Å². The van der Waals surface area contributed by atoms with E-state index in [1.54, 1.807) is 11.3 Å². The molecule has 1 saturated carbocycles. The lowest BCUT2D eigenvalue weighted by Gasteiger charge is -2.28. The van der Waals surface area contributed by atoms with Gasteiger partial charge in [-0.2, -0.15) is 0 Å². The number of carbonyl (C=O) groups is 2. The molecule has 2 aromatic carbocycles. The molecule has 160 valence electrons. The first kappa shape index (κ1) is 20.3. The first-order valence-corrected chi connectivity index (χ1v) is 11.9. The number of thiazole rings is 1. The molecule has 1 aliphatic carbocycles. The van der Waals surface area contributed by atoms with Gasteiger partial charge in [-0.15, -0.1) is 11.3 Å². The minimum Gasteiger partial charge on any atom is -0.303 e. The fraction of sp³-hybridized carbons (Fsp3) is 0.400. The summed E-state index contributed by atoms with van der Waals surface area (Å²) in [5.41, 5.74) is 3.84. The molecule has 1 saturated heterocycles. The summed E-state index contributed by atoms with van der Waals surface area (Å²) in [4.78, 5) is 31.7. The average molecular weight is 434 g/mol. The van der Waals surface area contributed by atoms with Crippen LogP contribution in [0.5, 0.6) is 0 Å². The van der Waals surface area contributed by atoms with Crippen molar-refractivity contribution in [1.82, 2.24) is 10.3 Å². The minimum absolute atomic E-state index is 0.130. The van der Waals surface area contributed by atoms with Gasteiger partial charge in [0.25, 0.3) is 5.91 Å². The summed E-state index contributed by atoms with van der Waals surface area (Å²) in [7, 11) is 0. The molecule has 6 heteroatoms. The highest BCUT2D eigenvalue weighted by molar-refractivity contribution is 7.21. The summed E-state index contributed by atoms with van der Waals surface area (Å²) in [6.45, 7) is 4.36. The van der Waals surface area contributed by atoms with E-state index in [4.69, 9.17) is 4.98 Å². The smallest absolute Gasteiger partial charge is 0.251 e. The van der Waals surface area contributed by atoms with Crippen LogP contribution in [0.1, 0.15) is 44.6 Å². The molecule has 2 aliphatic rings. The lowest BCUT2D eigenvalue weighted by Crippen LogP contribution is -2.45. The van der Waals surface area contributed by atoms with E-state index in [2.05, 4.69) is 31.3 Å². The van der Waals surface area contributed by atoms with E-state index in [0.717, 1.165) is 39.5 Å². The lowest BCUT2D eigenvalue weighted by atomic mass is 9.87. The molecule has 3 aromatic rings. The Morgan fingerprint density at radius 1 is 1.03 bits per heavy atom. The van der Waals surface area contributed by atoms with Crippen LogP contribution >= 0.6 is 11.3 Å². The number of rotatable bonds is 4. The number of nitrogens with one attached hydrogen (secondary N) is 1. The van der Waals surface area contributed by atoms with E-state index in [1.807, 2.05) is 30.3 Å². The van der Waals surface area contributed by atoms with E-state index in [0.29, 0.717) is 11.7 Å². The summed E-state index contributed by atoms with van der Waals surface area (Å²) >= 11 is 1.66. The monoisotopic (exact) mass is 433 g/mol. The number of imide groups is 1. The van der Waals surface area contributed by atoms with Crippen molar-refractivity contribution >= 4 is 39.1 Å². The van der Waals surface area contributed by atoms with E-state index >= 15 is 0 Å². The van der Waals surface area contributed by atoms with E-state index in [1.165, 1.54) is 23.3 Å². The largest absolute Gasteiger partial charge is 0.303 e. The van der Waals surface area contributed by atoms with E-state index < -0.39 is 6.04 Å². The maximum atomic E-state index is 13.0. The molecule has 1 atom stereocenters. The number of nitrogens with zero attached hydrogens (tertiary/aromatic N) is 2. The number of hydrogen-bond donors (Lipinski definition) is 1. The van der Waals surface area contributed by atoms with E-state index in [9.17, 15) is 9.59 Å². The molecule has 5 rings (SSSR count). The van der Waals surface area contributed by atoms with Gasteiger partial charge in [0.1, 0.15) is 5.01 Å². The van der Waals surface area contributed by atoms with Crippen molar-refractivity contribution in [3.63, 3.8) is 0 Å². The van der Waals surface area contributed by atoms with Gasteiger partial charge in [0, 0.05) is 11.6 Å². The van der Waals surface area contributed by atoms with Gasteiger partial charge in [-0.1, -0.05) is 13.0 Å². The van der Waals surface area contributed by atoms with Gasteiger partial charge < -0.3 is 5.32 Å². The molecule has 0 spiro atoms. The first-order valence-electron chi connectivity index (χ1n) is 11.1. The second kappa shape index (κ2) is 8.17. The second-order valence-corrected chi connectivity index (χ2v) is 10.0. The predicted octanol–water partition coefficient (Wildman–Crippen LogP) is 5.07. The highest BCUT2D eigenvalue weighted by Crippen LogP contribution is 2.33. The standard InChI is InChI=1S/C25H27N3O2S/c1-15-3-8-18(9-4-15)26-21-14-23(29)28(25(21)30)19-10-6-17(7-11-19)24-27-20-12-5-16(2)13-22(20)31-24/h5-7,10-13,15,18,21,26H,3-4,8-9,14H2,1-2H3. The molecule has 1 N–H and O–H groups in total. The Morgan fingerprint density at radius 3 is 2.52 bits per heavy atom. The fourth-order valence-corrected chi connectivity index (χ4v) is 5.72. The zero-order valence-corrected chi connectivity index (χ0v) is 18.7. The SMILES string of the molecule is Cc1ccc2nc(-c3ccc(N4C(=O)CC(NC5CCC(C)CC5)C4=O)cc3)sc2c1. The zero-order chi connectivity index (χ0) is 21.5. The van der Waals surface area contributed by atoms with Crippen LogP contribution in [0.2, 0.25) is 0 Å². The number of carbonyl (C=O) groups excluding carboxylic acids is 2. The third kappa shape index (κ3) is 4.02. The average Bonchev–Trinajstić information content (AvgIpc) is 3.30. The zero-order valence-electron chi connectivity index (χ0n) is 17.9. The van der Waals surface area contributed by atoms with Gasteiger partial charge in [-0.3, -0.25) is 9.59 Å². The summed E-state index contributed by atoms with van der Waals surface area (Å²) in [5.74, 6) is 0.496. The molecular weight excluding hydrogens is 406 g/mol. The van der Waals surface area contributed by atoms with Gasteiger partial charge in [0.05, 0.1) is 28.4 Å². The van der Waals surface area contributed by atoms with Gasteiger partial charge in [-0.05, 0) is 80.5 Å². The van der Waals surface area contributed by atoms with Crippen LogP contribution in [0.4, 0.5) is 5.69 Å². The summed E-state index contributed by atoms with van der Waals surface area (Å²) in [5, 5.41) is 4.40. The molecule has 2 heterocycles. The van der Waals surface area contributed by atoms with Crippen LogP contribution in [-0.2, 0) is 9.59 Å². The molecule has 0 bridgehead atoms. The van der Waals surface area contributed by atoms with E-state index in [-0.39, 0.29) is 18.2 Å². The molecule has 2 amide bonds. The lowest BCUT2D eigenvalue weighted by molar-refractivity contribution is -0.121. The third-order valence-electron chi connectivity index (χ3n) is 6.52. The van der Waals surface area contributed by atoms with Gasteiger partial charge in [0.15, 0.2) is 0 Å². The van der Waals surface area contributed by atoms with Gasteiger partial charge in [0.2, 0.25) is 5.91 Å². The molecular formula is C25H27N3O2S. The fourth-order valence-electron chi connectivity index (χ4n) is 4.65. The van der Waals surface area contributed by atoms with Crippen molar-refractivity contribution in [3.8, 4) is 10.6 Å². The Balaban J connectivity index is 1.31. The van der Waals surface area contributed by atoms with Crippen molar-refractivity contribution in [1.29, 1.82) is 0 Å². The van der Waals surface area contributed by atoms with Crippen LogP contribution in [-0.4, -0.2) is 28.9 Å². The minimum atomic E-state index is -0.405. The highest BCUT2D eigenvalue weighted by Gasteiger charge is 2.40. The second-order valence-electron chi connectivity index (χ2n) is 8.98.